The van der Waals surface area contributed by atoms with Gasteiger partial charge in [-0.1, -0.05) is 37.3 Å². The third kappa shape index (κ3) is 3.57. The van der Waals surface area contributed by atoms with Crippen molar-refractivity contribution < 1.29 is 9.90 Å². The van der Waals surface area contributed by atoms with E-state index in [4.69, 9.17) is 5.11 Å². The second kappa shape index (κ2) is 6.01. The highest BCUT2D eigenvalue weighted by Crippen LogP contribution is 2.30. The molecule has 0 aromatic heterocycles. The zero-order valence-corrected chi connectivity index (χ0v) is 10.9. The van der Waals surface area contributed by atoms with Crippen LogP contribution in [-0.4, -0.2) is 34.6 Å². The molecule has 3 heteroatoms. The molecule has 0 radical (unpaired) electrons. The summed E-state index contributed by atoms with van der Waals surface area (Å²) in [4.78, 5) is 13.1. The lowest BCUT2D eigenvalue weighted by Crippen LogP contribution is -2.41. The zero-order chi connectivity index (χ0) is 13.0. The van der Waals surface area contributed by atoms with Crippen LogP contribution in [0.1, 0.15) is 31.7 Å². The largest absolute Gasteiger partial charge is 0.480 e. The number of benzene rings is 1. The van der Waals surface area contributed by atoms with Gasteiger partial charge < -0.3 is 5.11 Å². The van der Waals surface area contributed by atoms with Crippen molar-refractivity contribution >= 4 is 5.97 Å². The van der Waals surface area contributed by atoms with Gasteiger partial charge in [0.05, 0.1) is 6.54 Å². The van der Waals surface area contributed by atoms with Crippen LogP contribution in [0.4, 0.5) is 0 Å². The van der Waals surface area contributed by atoms with E-state index in [1.165, 1.54) is 5.56 Å². The monoisotopic (exact) mass is 247 g/mol. The summed E-state index contributed by atoms with van der Waals surface area (Å²) in [5, 5.41) is 9.03. The first-order valence-electron chi connectivity index (χ1n) is 6.72. The predicted molar refractivity (Wildman–Crippen MR) is 71.6 cm³/mol. The van der Waals surface area contributed by atoms with Crippen molar-refractivity contribution in [3.05, 3.63) is 35.9 Å². The summed E-state index contributed by atoms with van der Waals surface area (Å²) >= 11 is 0. The van der Waals surface area contributed by atoms with E-state index in [0.29, 0.717) is 12.1 Å². The molecule has 0 amide bonds. The van der Waals surface area contributed by atoms with Crippen molar-refractivity contribution in [2.45, 2.75) is 44.7 Å². The fraction of sp³-hybridized carbons (Fsp3) is 0.533. The molecule has 1 fully saturated rings. The lowest BCUT2D eigenvalue weighted by Gasteiger charge is -2.29. The van der Waals surface area contributed by atoms with E-state index in [0.717, 1.165) is 25.7 Å². The Kier molecular flexibility index (Phi) is 4.37. The van der Waals surface area contributed by atoms with Gasteiger partial charge in [-0.25, -0.2) is 0 Å². The molecule has 98 valence electrons. The van der Waals surface area contributed by atoms with Crippen molar-refractivity contribution in [1.82, 2.24) is 4.90 Å². The molecule has 1 aromatic carbocycles. The molecule has 3 nitrogen and oxygen atoms in total. The van der Waals surface area contributed by atoms with Crippen LogP contribution in [0.2, 0.25) is 0 Å². The molecular formula is C15H21NO2. The highest BCUT2D eigenvalue weighted by atomic mass is 16.4. The summed E-state index contributed by atoms with van der Waals surface area (Å²) in [6.45, 7) is 2.32. The molecule has 1 aliphatic carbocycles. The smallest absolute Gasteiger partial charge is 0.317 e. The first-order valence-corrected chi connectivity index (χ1v) is 6.72. The Hall–Kier alpha value is -1.35. The third-order valence-electron chi connectivity index (χ3n) is 3.59. The fourth-order valence-electron chi connectivity index (χ4n) is 2.50. The molecule has 0 spiro atoms. The summed E-state index contributed by atoms with van der Waals surface area (Å²) in [5.41, 5.74) is 1.29. The Morgan fingerprint density at radius 2 is 2.06 bits per heavy atom. The Bertz CT molecular complexity index is 387. The van der Waals surface area contributed by atoms with Gasteiger partial charge >= 0.3 is 5.97 Å². The number of nitrogens with zero attached hydrogens (tertiary/aromatic N) is 1. The average molecular weight is 247 g/mol. The number of carboxylic acids is 1. The minimum Gasteiger partial charge on any atom is -0.480 e. The van der Waals surface area contributed by atoms with E-state index >= 15 is 0 Å². The second-order valence-electron chi connectivity index (χ2n) is 5.05. The molecule has 0 saturated heterocycles. The summed E-state index contributed by atoms with van der Waals surface area (Å²) in [5.74, 6) is -0.714. The minimum absolute atomic E-state index is 0.177. The molecule has 2 rings (SSSR count). The first kappa shape index (κ1) is 13.1. The predicted octanol–water partition coefficient (Wildman–Crippen LogP) is 2.56. The highest BCUT2D eigenvalue weighted by molar-refractivity contribution is 5.69. The fourth-order valence-corrected chi connectivity index (χ4v) is 2.50. The van der Waals surface area contributed by atoms with Crippen molar-refractivity contribution in [2.75, 3.05) is 6.54 Å². The van der Waals surface area contributed by atoms with Gasteiger partial charge in [-0.3, -0.25) is 9.69 Å². The van der Waals surface area contributed by atoms with Gasteiger partial charge in [0.15, 0.2) is 0 Å². The maximum atomic E-state index is 11.0. The maximum Gasteiger partial charge on any atom is 0.317 e. The average Bonchev–Trinajstić information content (AvgIpc) is 3.18. The summed E-state index contributed by atoms with van der Waals surface area (Å²) in [6, 6.07) is 11.2. The van der Waals surface area contributed by atoms with Crippen molar-refractivity contribution in [1.29, 1.82) is 0 Å². The van der Waals surface area contributed by atoms with Gasteiger partial charge in [0.25, 0.3) is 0 Å². The molecule has 1 aliphatic rings. The molecule has 1 atom stereocenters. The molecule has 0 aliphatic heterocycles. The van der Waals surface area contributed by atoms with E-state index in [2.05, 4.69) is 24.0 Å². The quantitative estimate of drug-likeness (QED) is 0.805. The SMILES string of the molecule is CCC(Cc1ccccc1)N(CC(=O)O)C1CC1. The molecule has 1 saturated carbocycles. The Morgan fingerprint density at radius 1 is 1.39 bits per heavy atom. The topological polar surface area (TPSA) is 40.5 Å². The lowest BCUT2D eigenvalue weighted by molar-refractivity contribution is -0.139. The standard InChI is InChI=1S/C15H21NO2/c1-2-13(10-12-6-4-3-5-7-12)16(11-15(17)18)14-8-9-14/h3-7,13-14H,2,8-11H2,1H3,(H,17,18). The summed E-state index contributed by atoms with van der Waals surface area (Å²) in [7, 11) is 0. The van der Waals surface area contributed by atoms with Gasteiger partial charge in [-0.15, -0.1) is 0 Å². The number of carboxylic acid groups (broad SMARTS) is 1. The van der Waals surface area contributed by atoms with Gasteiger partial charge in [-0.05, 0) is 31.2 Å². The van der Waals surface area contributed by atoms with Crippen molar-refractivity contribution in [3.63, 3.8) is 0 Å². The summed E-state index contributed by atoms with van der Waals surface area (Å²) < 4.78 is 0. The number of hydrogen-bond donors (Lipinski definition) is 1. The maximum absolute atomic E-state index is 11.0. The van der Waals surface area contributed by atoms with Crippen LogP contribution in [0.3, 0.4) is 0 Å². The lowest BCUT2D eigenvalue weighted by atomic mass is 10.0. The van der Waals surface area contributed by atoms with E-state index in [1.807, 2.05) is 18.2 Å². The molecule has 1 unspecified atom stereocenters. The molecule has 0 bridgehead atoms. The van der Waals surface area contributed by atoms with E-state index in [-0.39, 0.29) is 6.54 Å². The number of carbonyl (C=O) groups is 1. The minimum atomic E-state index is -0.714. The van der Waals surface area contributed by atoms with Crippen LogP contribution < -0.4 is 0 Å². The molecule has 1 aromatic rings. The molecular weight excluding hydrogens is 226 g/mol. The third-order valence-corrected chi connectivity index (χ3v) is 3.59. The Labute approximate surface area is 108 Å². The zero-order valence-electron chi connectivity index (χ0n) is 10.9. The second-order valence-corrected chi connectivity index (χ2v) is 5.05. The Morgan fingerprint density at radius 3 is 2.56 bits per heavy atom. The molecule has 0 heterocycles. The van der Waals surface area contributed by atoms with Crippen LogP contribution in [0.5, 0.6) is 0 Å². The van der Waals surface area contributed by atoms with Crippen molar-refractivity contribution in [2.24, 2.45) is 0 Å². The number of rotatable bonds is 7. The summed E-state index contributed by atoms with van der Waals surface area (Å²) in [6.07, 6.45) is 4.25. The highest BCUT2D eigenvalue weighted by Gasteiger charge is 2.34. The van der Waals surface area contributed by atoms with Crippen LogP contribution in [0, 0.1) is 0 Å². The van der Waals surface area contributed by atoms with E-state index in [9.17, 15) is 4.79 Å². The molecule has 1 N–H and O–H groups in total. The van der Waals surface area contributed by atoms with Gasteiger partial charge in [-0.2, -0.15) is 0 Å². The van der Waals surface area contributed by atoms with Crippen LogP contribution >= 0.6 is 0 Å². The number of aliphatic carboxylic acids is 1. The van der Waals surface area contributed by atoms with Gasteiger partial charge in [0, 0.05) is 12.1 Å². The molecule has 18 heavy (non-hydrogen) atoms. The van der Waals surface area contributed by atoms with E-state index in [1.54, 1.807) is 0 Å². The Balaban J connectivity index is 2.03. The van der Waals surface area contributed by atoms with Crippen LogP contribution in [0.25, 0.3) is 0 Å². The normalized spacial score (nSPS) is 16.8. The van der Waals surface area contributed by atoms with Crippen molar-refractivity contribution in [3.8, 4) is 0 Å². The van der Waals surface area contributed by atoms with Gasteiger partial charge in [0.2, 0.25) is 0 Å². The van der Waals surface area contributed by atoms with Crippen LogP contribution in [-0.2, 0) is 11.2 Å². The first-order chi connectivity index (χ1) is 8.70. The van der Waals surface area contributed by atoms with Gasteiger partial charge in [0.1, 0.15) is 0 Å². The van der Waals surface area contributed by atoms with E-state index < -0.39 is 5.97 Å². The van der Waals surface area contributed by atoms with Crippen LogP contribution in [0.15, 0.2) is 30.3 Å². The number of hydrogen-bond acceptors (Lipinski definition) is 2.